The number of hydrogen-bond acceptors (Lipinski definition) is 3. The van der Waals surface area contributed by atoms with Crippen molar-refractivity contribution in [3.05, 3.63) is 59.4 Å². The number of nitrogens with one attached hydrogen (secondary N) is 1. The van der Waals surface area contributed by atoms with E-state index in [4.69, 9.17) is 0 Å². The van der Waals surface area contributed by atoms with Crippen LogP contribution in [0.4, 0.5) is 10.1 Å². The number of hydrogen-bond donors (Lipinski definition) is 1. The van der Waals surface area contributed by atoms with Gasteiger partial charge in [0.05, 0.1) is 5.69 Å². The Morgan fingerprint density at radius 1 is 1.20 bits per heavy atom. The van der Waals surface area contributed by atoms with Crippen LogP contribution in [0, 0.1) is 5.82 Å². The summed E-state index contributed by atoms with van der Waals surface area (Å²) in [6.45, 7) is 2.70. The average Bonchev–Trinajstić information content (AvgIpc) is 3.04. The predicted molar refractivity (Wildman–Crippen MR) is 93.7 cm³/mol. The minimum absolute atomic E-state index is 0.185. The molecule has 0 saturated heterocycles. The fraction of sp³-hybridized carbons (Fsp3) is 0.278. The lowest BCUT2D eigenvalue weighted by atomic mass is 10.0. The molecule has 1 heterocycles. The smallest absolute Gasteiger partial charge is 0.267 e. The van der Waals surface area contributed by atoms with E-state index in [0.29, 0.717) is 29.8 Å². The molecule has 0 saturated carbocycles. The Labute approximate surface area is 146 Å². The van der Waals surface area contributed by atoms with E-state index < -0.39 is 15.8 Å². The number of carbonyl (C=O) groups is 1. The summed E-state index contributed by atoms with van der Waals surface area (Å²) in [7, 11) is -4.02. The molecule has 2 aromatic rings. The molecular weight excluding hydrogens is 343 g/mol. The molecule has 1 N–H and O–H groups in total. The normalized spacial score (nSPS) is 13.6. The number of halogens is 1. The van der Waals surface area contributed by atoms with E-state index in [1.165, 1.54) is 22.5 Å². The third-order valence-corrected chi connectivity index (χ3v) is 6.02. The molecule has 2 aromatic carbocycles. The molecule has 0 spiro atoms. The lowest BCUT2D eigenvalue weighted by Crippen LogP contribution is -2.29. The fourth-order valence-corrected chi connectivity index (χ4v) is 4.54. The molecule has 0 aromatic heterocycles. The number of sulfonamides is 1. The first-order valence-electron chi connectivity index (χ1n) is 8.14. The monoisotopic (exact) mass is 362 g/mol. The van der Waals surface area contributed by atoms with Gasteiger partial charge in [-0.15, -0.1) is 0 Å². The summed E-state index contributed by atoms with van der Waals surface area (Å²) in [5.74, 6) is -1.00. The molecule has 0 unspecified atom stereocenters. The van der Waals surface area contributed by atoms with Crippen LogP contribution in [0.2, 0.25) is 0 Å². The molecule has 0 radical (unpaired) electrons. The van der Waals surface area contributed by atoms with Crippen LogP contribution < -0.4 is 9.62 Å². The minimum Gasteiger partial charge on any atom is -0.352 e. The van der Waals surface area contributed by atoms with Crippen LogP contribution in [-0.2, 0) is 16.4 Å². The lowest BCUT2D eigenvalue weighted by Gasteiger charge is -2.20. The van der Waals surface area contributed by atoms with Crippen molar-refractivity contribution in [3.8, 4) is 0 Å². The molecule has 132 valence electrons. The first kappa shape index (κ1) is 17.4. The Morgan fingerprint density at radius 2 is 1.96 bits per heavy atom. The maximum atomic E-state index is 14.0. The zero-order valence-corrected chi connectivity index (χ0v) is 14.6. The van der Waals surface area contributed by atoms with Crippen LogP contribution in [0.25, 0.3) is 0 Å². The Morgan fingerprint density at radius 3 is 2.68 bits per heavy atom. The second kappa shape index (κ2) is 6.84. The van der Waals surface area contributed by atoms with Crippen LogP contribution in [-0.4, -0.2) is 27.4 Å². The summed E-state index contributed by atoms with van der Waals surface area (Å²) >= 11 is 0. The summed E-state index contributed by atoms with van der Waals surface area (Å²) < 4.78 is 40.9. The fourth-order valence-electron chi connectivity index (χ4n) is 2.97. The first-order valence-corrected chi connectivity index (χ1v) is 9.58. The van der Waals surface area contributed by atoms with Crippen molar-refractivity contribution in [2.75, 3.05) is 17.4 Å². The first-order chi connectivity index (χ1) is 12.0. The molecule has 3 rings (SSSR count). The van der Waals surface area contributed by atoms with Gasteiger partial charge in [0, 0.05) is 18.7 Å². The molecular formula is C18H19FN2O3S. The van der Waals surface area contributed by atoms with E-state index in [1.54, 1.807) is 18.2 Å². The molecule has 0 aliphatic carbocycles. The van der Waals surface area contributed by atoms with Crippen molar-refractivity contribution in [1.82, 2.24) is 5.32 Å². The Hall–Kier alpha value is -2.41. The summed E-state index contributed by atoms with van der Waals surface area (Å²) in [4.78, 5) is 11.9. The topological polar surface area (TPSA) is 66.5 Å². The molecule has 1 amide bonds. The second-order valence-electron chi connectivity index (χ2n) is 5.82. The molecule has 1 aliphatic heterocycles. The summed E-state index contributed by atoms with van der Waals surface area (Å²) in [5.41, 5.74) is 1.58. The van der Waals surface area contributed by atoms with E-state index in [1.807, 2.05) is 6.92 Å². The van der Waals surface area contributed by atoms with Crippen molar-refractivity contribution < 1.29 is 17.6 Å². The Bertz CT molecular complexity index is 912. The van der Waals surface area contributed by atoms with Gasteiger partial charge in [-0.25, -0.2) is 12.8 Å². The molecule has 0 atom stereocenters. The van der Waals surface area contributed by atoms with Gasteiger partial charge in [0.25, 0.3) is 15.9 Å². The predicted octanol–water partition coefficient (Wildman–Crippen LogP) is 2.72. The standard InChI is InChI=1S/C18H19FN2O3S/c1-2-11-20-18(22)14-6-5-8-16-13(14)10-12-21(16)25(23,24)17-9-4-3-7-15(17)19/h3-9H,2,10-12H2,1H3,(H,20,22). The van der Waals surface area contributed by atoms with Crippen LogP contribution in [0.15, 0.2) is 47.4 Å². The number of anilines is 1. The van der Waals surface area contributed by atoms with Crippen molar-refractivity contribution in [1.29, 1.82) is 0 Å². The van der Waals surface area contributed by atoms with Gasteiger partial charge in [0.15, 0.2) is 0 Å². The summed E-state index contributed by atoms with van der Waals surface area (Å²) in [6.07, 6.45) is 1.23. The van der Waals surface area contributed by atoms with E-state index in [-0.39, 0.29) is 17.3 Å². The highest BCUT2D eigenvalue weighted by Crippen LogP contribution is 2.35. The number of fused-ring (bicyclic) bond motifs is 1. The maximum absolute atomic E-state index is 14.0. The third-order valence-electron chi connectivity index (χ3n) is 4.17. The van der Waals surface area contributed by atoms with E-state index in [9.17, 15) is 17.6 Å². The van der Waals surface area contributed by atoms with Crippen molar-refractivity contribution in [2.24, 2.45) is 0 Å². The van der Waals surface area contributed by atoms with Crippen molar-refractivity contribution >= 4 is 21.6 Å². The Balaban J connectivity index is 2.00. The van der Waals surface area contributed by atoms with Crippen LogP contribution >= 0.6 is 0 Å². The molecule has 1 aliphatic rings. The van der Waals surface area contributed by atoms with Gasteiger partial charge < -0.3 is 5.32 Å². The van der Waals surface area contributed by atoms with Crippen LogP contribution in [0.1, 0.15) is 29.3 Å². The van der Waals surface area contributed by atoms with Crippen LogP contribution in [0.3, 0.4) is 0 Å². The highest BCUT2D eigenvalue weighted by atomic mass is 32.2. The van der Waals surface area contributed by atoms with Gasteiger partial charge >= 0.3 is 0 Å². The number of nitrogens with zero attached hydrogens (tertiary/aromatic N) is 1. The SMILES string of the molecule is CCCNC(=O)c1cccc2c1CCN2S(=O)(=O)c1ccccc1F. The van der Waals surface area contributed by atoms with Crippen molar-refractivity contribution in [3.63, 3.8) is 0 Å². The maximum Gasteiger partial charge on any atom is 0.267 e. The van der Waals surface area contributed by atoms with E-state index >= 15 is 0 Å². The summed E-state index contributed by atoms with van der Waals surface area (Å²) in [5, 5.41) is 2.81. The minimum atomic E-state index is -4.02. The molecule has 0 bridgehead atoms. The van der Waals surface area contributed by atoms with E-state index in [2.05, 4.69) is 5.32 Å². The largest absolute Gasteiger partial charge is 0.352 e. The number of amides is 1. The zero-order chi connectivity index (χ0) is 18.0. The second-order valence-corrected chi connectivity index (χ2v) is 7.65. The number of carbonyl (C=O) groups excluding carboxylic acids is 1. The third kappa shape index (κ3) is 3.11. The lowest BCUT2D eigenvalue weighted by molar-refractivity contribution is 0.0953. The highest BCUT2D eigenvalue weighted by molar-refractivity contribution is 7.92. The summed E-state index contributed by atoms with van der Waals surface area (Å²) in [6, 6.07) is 10.3. The average molecular weight is 362 g/mol. The molecule has 0 fully saturated rings. The van der Waals surface area contributed by atoms with E-state index in [0.717, 1.165) is 12.5 Å². The molecule has 25 heavy (non-hydrogen) atoms. The highest BCUT2D eigenvalue weighted by Gasteiger charge is 2.34. The van der Waals surface area contributed by atoms with Crippen LogP contribution in [0.5, 0.6) is 0 Å². The van der Waals surface area contributed by atoms with Gasteiger partial charge in [-0.05, 0) is 42.7 Å². The zero-order valence-electron chi connectivity index (χ0n) is 13.8. The van der Waals surface area contributed by atoms with Gasteiger partial charge in [-0.3, -0.25) is 9.10 Å². The molecule has 7 heteroatoms. The quantitative estimate of drug-likeness (QED) is 0.889. The van der Waals surface area contributed by atoms with Gasteiger partial charge in [0.2, 0.25) is 0 Å². The molecule has 5 nitrogen and oxygen atoms in total. The van der Waals surface area contributed by atoms with Gasteiger partial charge in [-0.1, -0.05) is 25.1 Å². The van der Waals surface area contributed by atoms with Gasteiger partial charge in [0.1, 0.15) is 10.7 Å². The van der Waals surface area contributed by atoms with Gasteiger partial charge in [-0.2, -0.15) is 0 Å². The van der Waals surface area contributed by atoms with Crippen molar-refractivity contribution in [2.45, 2.75) is 24.7 Å². The number of benzene rings is 2. The Kier molecular flexibility index (Phi) is 4.76. The number of rotatable bonds is 5.